The number of hydrogen-bond acceptors (Lipinski definition) is 5. The van der Waals surface area contributed by atoms with E-state index in [2.05, 4.69) is 4.37 Å². The highest BCUT2D eigenvalue weighted by Crippen LogP contribution is 2.22. The molecule has 1 aromatic heterocycles. The third-order valence-corrected chi connectivity index (χ3v) is 4.02. The van der Waals surface area contributed by atoms with Crippen molar-refractivity contribution in [2.24, 2.45) is 0 Å². The van der Waals surface area contributed by atoms with E-state index in [9.17, 15) is 8.42 Å². The normalized spacial score (nSPS) is 11.1. The van der Waals surface area contributed by atoms with Gasteiger partial charge in [0.05, 0.1) is 5.69 Å². The van der Waals surface area contributed by atoms with E-state index in [0.29, 0.717) is 5.69 Å². The number of sulfone groups is 1. The van der Waals surface area contributed by atoms with Gasteiger partial charge in [0.2, 0.25) is 0 Å². The molecule has 0 saturated heterocycles. The first-order chi connectivity index (χ1) is 5.46. The molecular formula is C6H6N2O2S2. The minimum atomic E-state index is -3.29. The minimum Gasteiger partial charge on any atom is -0.223 e. The number of rotatable bonds is 1. The van der Waals surface area contributed by atoms with Gasteiger partial charge in [-0.15, -0.1) is 0 Å². The summed E-state index contributed by atoms with van der Waals surface area (Å²) >= 11 is 0.847. The Morgan fingerprint density at radius 1 is 1.58 bits per heavy atom. The van der Waals surface area contributed by atoms with Crippen molar-refractivity contribution in [2.45, 2.75) is 11.1 Å². The largest absolute Gasteiger partial charge is 0.223 e. The third-order valence-electron chi connectivity index (χ3n) is 1.28. The maximum atomic E-state index is 11.0. The lowest BCUT2D eigenvalue weighted by molar-refractivity contribution is 0.603. The molecule has 0 aliphatic heterocycles. The number of hydrogen-bond donors (Lipinski definition) is 0. The van der Waals surface area contributed by atoms with E-state index in [1.807, 2.05) is 6.07 Å². The van der Waals surface area contributed by atoms with Gasteiger partial charge in [0.1, 0.15) is 11.6 Å². The first-order valence-corrected chi connectivity index (χ1v) is 5.69. The lowest BCUT2D eigenvalue weighted by Crippen LogP contribution is -1.96. The van der Waals surface area contributed by atoms with E-state index in [0.717, 1.165) is 17.8 Å². The van der Waals surface area contributed by atoms with Crippen LogP contribution >= 0.6 is 11.5 Å². The van der Waals surface area contributed by atoms with Gasteiger partial charge < -0.3 is 0 Å². The molecule has 0 saturated carbocycles. The molecular weight excluding hydrogens is 196 g/mol. The molecule has 1 rings (SSSR count). The van der Waals surface area contributed by atoms with Crippen LogP contribution in [-0.2, 0) is 9.84 Å². The van der Waals surface area contributed by atoms with E-state index < -0.39 is 9.84 Å². The van der Waals surface area contributed by atoms with Crippen molar-refractivity contribution in [3.05, 3.63) is 11.3 Å². The molecule has 0 unspecified atom stereocenters. The Bertz CT molecular complexity index is 439. The van der Waals surface area contributed by atoms with E-state index in [1.165, 1.54) is 0 Å². The van der Waals surface area contributed by atoms with Crippen molar-refractivity contribution in [1.29, 1.82) is 5.26 Å². The van der Waals surface area contributed by atoms with Crippen LogP contribution in [0.15, 0.2) is 4.21 Å². The predicted molar refractivity (Wildman–Crippen MR) is 44.7 cm³/mol. The molecule has 0 fully saturated rings. The van der Waals surface area contributed by atoms with Crippen molar-refractivity contribution < 1.29 is 8.42 Å². The molecule has 0 spiro atoms. The topological polar surface area (TPSA) is 70.8 Å². The van der Waals surface area contributed by atoms with Crippen molar-refractivity contribution in [3.63, 3.8) is 0 Å². The summed E-state index contributed by atoms with van der Waals surface area (Å²) in [5.41, 5.74) is 0.644. The van der Waals surface area contributed by atoms with Crippen molar-refractivity contribution in [3.8, 4) is 6.07 Å². The van der Waals surface area contributed by atoms with Crippen LogP contribution in [0.1, 0.15) is 11.3 Å². The predicted octanol–water partition coefficient (Wildman–Crippen LogP) is 0.727. The first kappa shape index (κ1) is 9.16. The first-order valence-electron chi connectivity index (χ1n) is 3.03. The average molecular weight is 202 g/mol. The molecule has 1 heterocycles. The molecule has 0 atom stereocenters. The van der Waals surface area contributed by atoms with Gasteiger partial charge in [-0.3, -0.25) is 0 Å². The number of nitriles is 1. The fourth-order valence-corrected chi connectivity index (χ4v) is 2.54. The second kappa shape index (κ2) is 2.84. The van der Waals surface area contributed by atoms with Gasteiger partial charge in [-0.25, -0.2) is 8.42 Å². The van der Waals surface area contributed by atoms with E-state index in [4.69, 9.17) is 5.26 Å². The van der Waals surface area contributed by atoms with Crippen LogP contribution in [0.25, 0.3) is 0 Å². The van der Waals surface area contributed by atoms with Gasteiger partial charge in [0.15, 0.2) is 14.0 Å². The van der Waals surface area contributed by atoms with Crippen LogP contribution < -0.4 is 0 Å². The van der Waals surface area contributed by atoms with Crippen molar-refractivity contribution >= 4 is 21.4 Å². The van der Waals surface area contributed by atoms with Gasteiger partial charge in [-0.2, -0.15) is 9.64 Å². The van der Waals surface area contributed by atoms with Crippen LogP contribution in [0.3, 0.4) is 0 Å². The Morgan fingerprint density at radius 3 is 2.50 bits per heavy atom. The van der Waals surface area contributed by atoms with Gasteiger partial charge in [0.25, 0.3) is 0 Å². The van der Waals surface area contributed by atoms with E-state index in [-0.39, 0.29) is 9.77 Å². The zero-order valence-electron chi connectivity index (χ0n) is 6.53. The average Bonchev–Trinajstić information content (AvgIpc) is 2.29. The van der Waals surface area contributed by atoms with Gasteiger partial charge in [-0.05, 0) is 18.5 Å². The monoisotopic (exact) mass is 202 g/mol. The maximum absolute atomic E-state index is 11.0. The minimum absolute atomic E-state index is 0.0579. The maximum Gasteiger partial charge on any atom is 0.187 e. The third kappa shape index (κ3) is 1.47. The van der Waals surface area contributed by atoms with Crippen molar-refractivity contribution in [1.82, 2.24) is 4.37 Å². The number of nitrogens with zero attached hydrogens (tertiary/aromatic N) is 2. The summed E-state index contributed by atoms with van der Waals surface area (Å²) in [4.78, 5) is 0. The van der Waals surface area contributed by atoms with Crippen LogP contribution in [0.5, 0.6) is 0 Å². The highest BCUT2D eigenvalue weighted by Gasteiger charge is 2.18. The number of aryl methyl sites for hydroxylation is 1. The zero-order chi connectivity index (χ0) is 9.35. The molecule has 4 nitrogen and oxygen atoms in total. The Balaban J connectivity index is 3.49. The van der Waals surface area contributed by atoms with Gasteiger partial charge in [-0.1, -0.05) is 0 Å². The summed E-state index contributed by atoms with van der Waals surface area (Å²) in [7, 11) is -3.29. The molecule has 0 aromatic carbocycles. The Kier molecular flexibility index (Phi) is 2.17. The smallest absolute Gasteiger partial charge is 0.187 e. The second-order valence-electron chi connectivity index (χ2n) is 2.31. The van der Waals surface area contributed by atoms with Crippen LogP contribution in [-0.4, -0.2) is 19.0 Å². The quantitative estimate of drug-likeness (QED) is 0.673. The molecule has 0 aliphatic rings. The summed E-state index contributed by atoms with van der Waals surface area (Å²) in [6.07, 6.45) is 1.07. The van der Waals surface area contributed by atoms with Crippen molar-refractivity contribution in [2.75, 3.05) is 6.26 Å². The summed E-state index contributed by atoms with van der Waals surface area (Å²) < 4.78 is 25.9. The molecule has 0 aliphatic carbocycles. The molecule has 0 radical (unpaired) electrons. The summed E-state index contributed by atoms with van der Waals surface area (Å²) in [6, 6.07) is 1.82. The van der Waals surface area contributed by atoms with Gasteiger partial charge >= 0.3 is 0 Å². The fraction of sp³-hybridized carbons (Fsp3) is 0.333. The molecule has 64 valence electrons. The summed E-state index contributed by atoms with van der Waals surface area (Å²) in [5.74, 6) is 0. The van der Waals surface area contributed by atoms with Crippen LogP contribution in [0.2, 0.25) is 0 Å². The highest BCUT2D eigenvalue weighted by atomic mass is 32.2. The Labute approximate surface area is 74.5 Å². The molecule has 1 aromatic rings. The molecule has 0 N–H and O–H groups in total. The van der Waals surface area contributed by atoms with E-state index in [1.54, 1.807) is 6.92 Å². The van der Waals surface area contributed by atoms with Crippen LogP contribution in [0, 0.1) is 18.3 Å². The Hall–Kier alpha value is -0.930. The molecule has 0 bridgehead atoms. The Morgan fingerprint density at radius 2 is 2.17 bits per heavy atom. The lowest BCUT2D eigenvalue weighted by atomic mass is 10.3. The van der Waals surface area contributed by atoms with Gasteiger partial charge in [0, 0.05) is 6.26 Å². The fourth-order valence-electron chi connectivity index (χ4n) is 0.729. The van der Waals surface area contributed by atoms with E-state index >= 15 is 0 Å². The summed E-state index contributed by atoms with van der Waals surface area (Å²) in [5, 5.41) is 8.60. The second-order valence-corrected chi connectivity index (χ2v) is 5.30. The summed E-state index contributed by atoms with van der Waals surface area (Å²) in [6.45, 7) is 1.61. The standard InChI is InChI=1S/C6H6N2O2S2/c1-4-5(3-7)6(11-8-4)12(2,9)10/h1-2H3. The lowest BCUT2D eigenvalue weighted by Gasteiger charge is -1.90. The SMILES string of the molecule is Cc1nsc(S(C)(=O)=O)c1C#N. The highest BCUT2D eigenvalue weighted by molar-refractivity contribution is 7.92. The molecule has 6 heteroatoms. The molecule has 0 amide bonds. The van der Waals surface area contributed by atoms with Crippen LogP contribution in [0.4, 0.5) is 0 Å². The number of aromatic nitrogens is 1. The molecule has 12 heavy (non-hydrogen) atoms. The zero-order valence-corrected chi connectivity index (χ0v) is 8.16.